The lowest BCUT2D eigenvalue weighted by atomic mass is 10.1. The average Bonchev–Trinajstić information content (AvgIpc) is 3.25. The molecule has 4 aromatic rings. The van der Waals surface area contributed by atoms with Crippen LogP contribution in [-0.4, -0.2) is 92.6 Å². The minimum atomic E-state index is -1.52. The number of hydrogen-bond donors (Lipinski definition) is 0. The van der Waals surface area contributed by atoms with Gasteiger partial charge >= 0.3 is 36.3 Å². The number of amides is 4. The topological polar surface area (TPSA) is 343 Å². The summed E-state index contributed by atoms with van der Waals surface area (Å²) in [5.41, 5.74) is -18.6. The third-order valence-corrected chi connectivity index (χ3v) is 9.88. The zero-order valence-electron chi connectivity index (χ0n) is 43.5. The van der Waals surface area contributed by atoms with Crippen LogP contribution in [0.5, 0.6) is 0 Å². The Balaban J connectivity index is 2.30. The van der Waals surface area contributed by atoms with Crippen molar-refractivity contribution >= 4 is 105 Å². The molecule has 4 amide bonds. The van der Waals surface area contributed by atoms with Crippen LogP contribution >= 0.6 is 0 Å². The summed E-state index contributed by atoms with van der Waals surface area (Å²) in [5, 5.41) is 53.0. The van der Waals surface area contributed by atoms with Crippen LogP contribution in [0.25, 0.3) is 0 Å². The third kappa shape index (κ3) is 12.8. The maximum absolute atomic E-state index is 14.9. The van der Waals surface area contributed by atoms with E-state index in [1.807, 2.05) is 0 Å². The highest BCUT2D eigenvalue weighted by Gasteiger charge is 2.43. The number of carbonyl (C=O) groups is 6. The normalized spacial score (nSPS) is 12.7. The van der Waals surface area contributed by atoms with Gasteiger partial charge in [0.2, 0.25) is 0 Å². The Labute approximate surface area is 432 Å². The van der Waals surface area contributed by atoms with E-state index in [9.17, 15) is 69.2 Å². The van der Waals surface area contributed by atoms with Gasteiger partial charge in [-0.1, -0.05) is 0 Å². The number of benzene rings is 4. The van der Waals surface area contributed by atoms with Crippen LogP contribution in [0.15, 0.2) is 60.7 Å². The monoisotopic (exact) mass is 1060 g/mol. The van der Waals surface area contributed by atoms with Crippen LogP contribution in [0.3, 0.4) is 0 Å². The fraction of sp³-hybridized carbons (Fsp3) is 0.375. The van der Waals surface area contributed by atoms with Gasteiger partial charge in [-0.2, -0.15) is 0 Å². The summed E-state index contributed by atoms with van der Waals surface area (Å²) < 4.78 is 32.9. The lowest BCUT2D eigenvalue weighted by Crippen LogP contribution is -2.37. The van der Waals surface area contributed by atoms with Crippen LogP contribution in [0.1, 0.15) is 104 Å². The highest BCUT2D eigenvalue weighted by atomic mass is 16.6. The van der Waals surface area contributed by atoms with Crippen LogP contribution in [0.2, 0.25) is 0 Å². The van der Waals surface area contributed by atoms with E-state index in [4.69, 9.17) is 28.4 Å². The van der Waals surface area contributed by atoms with Gasteiger partial charge in [-0.05, 0) is 119 Å². The summed E-state index contributed by atoms with van der Waals surface area (Å²) in [6, 6.07) is 7.22. The molecule has 0 aromatic heterocycles. The molecule has 0 fully saturated rings. The van der Waals surface area contributed by atoms with Gasteiger partial charge in [-0.15, -0.1) is 0 Å². The zero-order valence-corrected chi connectivity index (χ0v) is 43.5. The highest BCUT2D eigenvalue weighted by molar-refractivity contribution is 6.10. The Morgan fingerprint density at radius 1 is 0.355 bits per heavy atom. The van der Waals surface area contributed by atoms with Gasteiger partial charge in [0.05, 0.1) is 79.9 Å². The second kappa shape index (κ2) is 20.8. The van der Waals surface area contributed by atoms with Gasteiger partial charge in [0.1, 0.15) is 45.2 Å². The predicted octanol–water partition coefficient (Wildman–Crippen LogP) is 11.5. The third-order valence-electron chi connectivity index (χ3n) is 9.88. The first-order valence-corrected chi connectivity index (χ1v) is 22.4. The van der Waals surface area contributed by atoms with Gasteiger partial charge in [0.25, 0.3) is 22.7 Å². The number of hydrogen-bond acceptors (Lipinski definition) is 20. The quantitative estimate of drug-likeness (QED) is 0.0749. The Morgan fingerprint density at radius 3 is 0.711 bits per heavy atom. The molecule has 28 nitrogen and oxygen atoms in total. The molecule has 28 heteroatoms. The van der Waals surface area contributed by atoms with Gasteiger partial charge in [-0.3, -0.25) is 40.5 Å². The first-order chi connectivity index (χ1) is 34.9. The number of nitro groups is 4. The second-order valence-electron chi connectivity index (χ2n) is 20.4. The van der Waals surface area contributed by atoms with E-state index in [1.54, 1.807) is 0 Å². The van der Waals surface area contributed by atoms with Crippen molar-refractivity contribution in [3.8, 4) is 0 Å². The molecule has 4 aromatic carbocycles. The number of anilines is 8. The first kappa shape index (κ1) is 57.4. The van der Waals surface area contributed by atoms with E-state index < -0.39 is 158 Å². The molecule has 0 atom stereocenters. The van der Waals surface area contributed by atoms with Gasteiger partial charge in [-0.25, -0.2) is 48.4 Å². The summed E-state index contributed by atoms with van der Waals surface area (Å²) in [6.07, 6.45) is -6.10. The smallest absolute Gasteiger partial charge is 0.419 e. The van der Waals surface area contributed by atoms with Gasteiger partial charge in [0, 0.05) is 12.1 Å². The number of ether oxygens (including phenoxy) is 6. The molecule has 404 valence electrons. The minimum absolute atomic E-state index is 0.357. The Morgan fingerprint density at radius 2 is 0.553 bits per heavy atom. The van der Waals surface area contributed by atoms with Crippen LogP contribution in [-0.2, 0) is 28.4 Å². The van der Waals surface area contributed by atoms with E-state index in [1.165, 1.54) is 83.1 Å². The molecule has 0 spiro atoms. The molecule has 0 radical (unpaired) electrons. The zero-order chi connectivity index (χ0) is 57.5. The van der Waals surface area contributed by atoms with Crippen molar-refractivity contribution in [1.29, 1.82) is 0 Å². The van der Waals surface area contributed by atoms with E-state index >= 15 is 0 Å². The summed E-state index contributed by atoms with van der Waals surface area (Å²) in [6.45, 7) is 16.7. The highest BCUT2D eigenvalue weighted by Crippen LogP contribution is 2.50. The fourth-order valence-corrected chi connectivity index (χ4v) is 7.19. The number of methoxy groups -OCH3 is 2. The minimum Gasteiger partial charge on any atom is -0.465 e. The van der Waals surface area contributed by atoms with E-state index in [0.717, 1.165) is 50.6 Å². The van der Waals surface area contributed by atoms with E-state index in [-0.39, 0.29) is 0 Å². The Hall–Kier alpha value is -9.50. The predicted molar refractivity (Wildman–Crippen MR) is 269 cm³/mol. The summed E-state index contributed by atoms with van der Waals surface area (Å²) in [4.78, 5) is 137. The van der Waals surface area contributed by atoms with Crippen molar-refractivity contribution in [3.05, 3.63) is 112 Å². The molecule has 0 saturated heterocycles. The largest absolute Gasteiger partial charge is 0.465 e. The molecule has 0 unspecified atom stereocenters. The van der Waals surface area contributed by atoms with Crippen molar-refractivity contribution in [3.63, 3.8) is 0 Å². The summed E-state index contributed by atoms with van der Waals surface area (Å²) in [5.74, 6) is -2.48. The molecule has 0 aliphatic carbocycles. The van der Waals surface area contributed by atoms with Crippen molar-refractivity contribution in [2.75, 3.05) is 33.8 Å². The Bertz CT molecular complexity index is 2750. The first-order valence-electron chi connectivity index (χ1n) is 22.4. The van der Waals surface area contributed by atoms with Crippen molar-refractivity contribution < 1.29 is 76.9 Å². The van der Waals surface area contributed by atoms with E-state index in [2.05, 4.69) is 0 Å². The summed E-state index contributed by atoms with van der Waals surface area (Å²) in [7, 11) is 1.84. The SMILES string of the molecule is COC(=O)c1cc2cc(c1)N(C(=O)OC(C)(C)C)c1cc(c([N+](=O)[O-])cc1[N+](=O)[O-])N(C(=O)OC(C)(C)C)c1cc(C(=O)OC)cc(c1)N(C(=O)OC(C)(C)C)c1cc(c([N+](=O)[O-])cc1[N+](=O)[O-])N2C(=O)OC(C)(C)C. The van der Waals surface area contributed by atoms with Crippen LogP contribution in [0, 0.1) is 40.5 Å². The molecule has 1 aliphatic rings. The number of nitro benzene ring substituents is 4. The maximum atomic E-state index is 14.9. The molecule has 0 saturated carbocycles. The fourth-order valence-electron chi connectivity index (χ4n) is 7.19. The van der Waals surface area contributed by atoms with Crippen LogP contribution in [0.4, 0.5) is 87.4 Å². The van der Waals surface area contributed by atoms with E-state index in [0.29, 0.717) is 43.9 Å². The number of nitrogens with zero attached hydrogens (tertiary/aromatic N) is 8. The van der Waals surface area contributed by atoms with Crippen molar-refractivity contribution in [2.45, 2.75) is 105 Å². The Kier molecular flexibility index (Phi) is 15.7. The molecule has 76 heavy (non-hydrogen) atoms. The number of rotatable bonds is 6. The lowest BCUT2D eigenvalue weighted by Gasteiger charge is -2.32. The van der Waals surface area contributed by atoms with Gasteiger partial charge in [0.15, 0.2) is 0 Å². The van der Waals surface area contributed by atoms with Crippen LogP contribution < -0.4 is 19.6 Å². The molecule has 1 aliphatic heterocycles. The van der Waals surface area contributed by atoms with Crippen molar-refractivity contribution in [2.24, 2.45) is 0 Å². The van der Waals surface area contributed by atoms with Gasteiger partial charge < -0.3 is 28.4 Å². The summed E-state index contributed by atoms with van der Waals surface area (Å²) >= 11 is 0. The maximum Gasteiger partial charge on any atom is 0.419 e. The molecule has 5 rings (SSSR count). The van der Waals surface area contributed by atoms with Crippen molar-refractivity contribution in [1.82, 2.24) is 0 Å². The number of fused-ring (bicyclic) bond motifs is 8. The lowest BCUT2D eigenvalue weighted by molar-refractivity contribution is -0.393. The molecule has 0 N–H and O–H groups in total. The standard InChI is InChI=1S/C48H52N8O20/c1-45(2,3)73-41(59)49-27-15-25(39(57)71-13)16-28(19-27)50(42(60)74-46(4,5)6)33-22-34(38(56(69)70)24-37(33)55(67)68)52(44(62)76-48(10,11)12)30-18-26(40(58)72-14)17-29(20-30)51(43(61)75-47(7,8)9)32-21-31(49)35(53(63)64)23-36(32)54(65)66/h15-24H,1-14H3. The molecule has 8 bridgehead atoms. The molecule has 1 heterocycles. The average molecular weight is 1060 g/mol. The number of carbonyl (C=O) groups excluding carboxylic acids is 6. The second-order valence-corrected chi connectivity index (χ2v) is 20.4. The number of esters is 2. The molecular formula is C48H52N8O20. The molecular weight excluding hydrogens is 1010 g/mol.